The van der Waals surface area contributed by atoms with Gasteiger partial charge in [0, 0.05) is 62.8 Å². The van der Waals surface area contributed by atoms with Crippen LogP contribution in [0.4, 0.5) is 43.4 Å². The zero-order chi connectivity index (χ0) is 30.8. The monoisotopic (exact) mass is 621 g/mol. The minimum Gasteiger partial charge on any atom is -0.382 e. The van der Waals surface area contributed by atoms with E-state index in [9.17, 15) is 46.0 Å². The van der Waals surface area contributed by atoms with Gasteiger partial charge in [0.05, 0.1) is 15.5 Å². The Hall–Kier alpha value is -3.75. The van der Waals surface area contributed by atoms with E-state index in [1.54, 1.807) is 4.90 Å². The Morgan fingerprint density at radius 2 is 1.43 bits per heavy atom. The minimum atomic E-state index is -4.90. The van der Waals surface area contributed by atoms with Crippen LogP contribution in [0.2, 0.25) is 5.02 Å². The van der Waals surface area contributed by atoms with Crippen molar-refractivity contribution >= 4 is 40.5 Å². The van der Waals surface area contributed by atoms with Crippen LogP contribution in [0.1, 0.15) is 30.4 Å². The van der Waals surface area contributed by atoms with Gasteiger partial charge >= 0.3 is 12.4 Å². The fourth-order valence-corrected chi connectivity index (χ4v) is 5.24. The lowest BCUT2D eigenvalue weighted by atomic mass is 10.0. The van der Waals surface area contributed by atoms with Crippen molar-refractivity contribution in [2.75, 3.05) is 49.5 Å². The number of carbonyl (C=O) groups is 2. The SMILES string of the molecule is O=C(CC(=O)N1CCN(c2ccc(Cl)c(C(F)(F)F)c2)CC1)N1CCC(Nc2ccc([N+](=O)[O-])c(C(F)(F)F)c2)CC1. The summed E-state index contributed by atoms with van der Waals surface area (Å²) in [5.41, 5.74) is -2.94. The van der Waals surface area contributed by atoms with Crippen LogP contribution in [0.3, 0.4) is 0 Å². The molecule has 2 aromatic carbocycles. The van der Waals surface area contributed by atoms with Gasteiger partial charge in [-0.25, -0.2) is 0 Å². The Labute approximate surface area is 241 Å². The third kappa shape index (κ3) is 7.36. The summed E-state index contributed by atoms with van der Waals surface area (Å²) < 4.78 is 79.4. The third-order valence-corrected chi connectivity index (χ3v) is 7.60. The number of nitrogens with one attached hydrogen (secondary N) is 1. The highest BCUT2D eigenvalue weighted by atomic mass is 35.5. The molecule has 2 saturated heterocycles. The van der Waals surface area contributed by atoms with Crippen LogP contribution in [-0.2, 0) is 21.9 Å². The van der Waals surface area contributed by atoms with Gasteiger partial charge in [-0.05, 0) is 43.2 Å². The number of piperazine rings is 1. The predicted octanol–water partition coefficient (Wildman–Crippen LogP) is 5.43. The number of amides is 2. The van der Waals surface area contributed by atoms with Crippen molar-refractivity contribution < 1.29 is 40.9 Å². The topological polar surface area (TPSA) is 99.0 Å². The molecule has 42 heavy (non-hydrogen) atoms. The second kappa shape index (κ2) is 12.2. The number of carbonyl (C=O) groups excluding carboxylic acids is 2. The smallest absolute Gasteiger partial charge is 0.382 e. The number of nitro groups is 1. The van der Waals surface area contributed by atoms with E-state index in [0.717, 1.165) is 12.1 Å². The van der Waals surface area contributed by atoms with Crippen molar-refractivity contribution in [1.29, 1.82) is 0 Å². The molecule has 0 aromatic heterocycles. The minimum absolute atomic E-state index is 0.0697. The number of nitro benzene ring substituents is 1. The van der Waals surface area contributed by atoms with E-state index in [1.165, 1.54) is 28.0 Å². The van der Waals surface area contributed by atoms with Gasteiger partial charge in [0.1, 0.15) is 12.0 Å². The number of benzene rings is 2. The van der Waals surface area contributed by atoms with E-state index >= 15 is 0 Å². The molecule has 2 aliphatic heterocycles. The normalized spacial score (nSPS) is 16.9. The number of piperidine rings is 1. The molecule has 0 spiro atoms. The molecule has 2 amide bonds. The number of hydrogen-bond donors (Lipinski definition) is 1. The molecule has 0 saturated carbocycles. The summed E-state index contributed by atoms with van der Waals surface area (Å²) in [6.07, 6.45) is -9.11. The van der Waals surface area contributed by atoms with E-state index in [2.05, 4.69) is 5.32 Å². The van der Waals surface area contributed by atoms with Gasteiger partial charge in [-0.2, -0.15) is 26.3 Å². The first kappa shape index (κ1) is 31.2. The zero-order valence-electron chi connectivity index (χ0n) is 22.0. The van der Waals surface area contributed by atoms with E-state index in [0.29, 0.717) is 24.6 Å². The quantitative estimate of drug-likeness (QED) is 0.200. The highest BCUT2D eigenvalue weighted by Gasteiger charge is 2.39. The van der Waals surface area contributed by atoms with Crippen LogP contribution in [0.15, 0.2) is 36.4 Å². The van der Waals surface area contributed by atoms with Crippen molar-refractivity contribution in [1.82, 2.24) is 9.80 Å². The Kier molecular flexibility index (Phi) is 9.09. The molecule has 2 heterocycles. The summed E-state index contributed by atoms with van der Waals surface area (Å²) in [4.78, 5) is 40.1. The first-order valence-electron chi connectivity index (χ1n) is 12.9. The number of anilines is 2. The number of halogens is 7. The number of likely N-dealkylation sites (tertiary alicyclic amines) is 1. The Morgan fingerprint density at radius 1 is 0.857 bits per heavy atom. The molecular formula is C26H26ClF6N5O4. The summed E-state index contributed by atoms with van der Waals surface area (Å²) in [5, 5.41) is 13.5. The number of alkyl halides is 6. The highest BCUT2D eigenvalue weighted by Crippen LogP contribution is 2.38. The van der Waals surface area contributed by atoms with Crippen molar-refractivity contribution in [2.45, 2.75) is 37.7 Å². The lowest BCUT2D eigenvalue weighted by Gasteiger charge is -2.37. The molecule has 1 N–H and O–H groups in total. The van der Waals surface area contributed by atoms with Crippen LogP contribution >= 0.6 is 11.6 Å². The van der Waals surface area contributed by atoms with Crippen LogP contribution < -0.4 is 10.2 Å². The maximum absolute atomic E-state index is 13.3. The Balaban J connectivity index is 1.25. The third-order valence-electron chi connectivity index (χ3n) is 7.27. The number of rotatable bonds is 6. The highest BCUT2D eigenvalue weighted by molar-refractivity contribution is 6.31. The lowest BCUT2D eigenvalue weighted by Crippen LogP contribution is -2.50. The Morgan fingerprint density at radius 3 is 1.98 bits per heavy atom. The van der Waals surface area contributed by atoms with Gasteiger partial charge in [0.25, 0.3) is 5.69 Å². The summed E-state index contributed by atoms with van der Waals surface area (Å²) >= 11 is 5.69. The van der Waals surface area contributed by atoms with Gasteiger partial charge in [-0.15, -0.1) is 0 Å². The summed E-state index contributed by atoms with van der Waals surface area (Å²) in [6, 6.07) is 6.03. The van der Waals surface area contributed by atoms with Crippen LogP contribution in [-0.4, -0.2) is 71.8 Å². The van der Waals surface area contributed by atoms with E-state index in [4.69, 9.17) is 11.6 Å². The fourth-order valence-electron chi connectivity index (χ4n) is 5.02. The molecule has 2 fully saturated rings. The average Bonchev–Trinajstić information content (AvgIpc) is 2.92. The van der Waals surface area contributed by atoms with Crippen LogP contribution in [0.5, 0.6) is 0 Å². The molecule has 2 aliphatic rings. The van der Waals surface area contributed by atoms with Crippen LogP contribution in [0, 0.1) is 10.1 Å². The number of hydrogen-bond acceptors (Lipinski definition) is 6. The van der Waals surface area contributed by atoms with E-state index in [1.807, 2.05) is 0 Å². The summed E-state index contributed by atoms with van der Waals surface area (Å²) in [6.45, 7) is 1.50. The Bertz CT molecular complexity index is 1340. The second-order valence-electron chi connectivity index (χ2n) is 9.99. The van der Waals surface area contributed by atoms with Gasteiger partial charge < -0.3 is 20.0 Å². The summed E-state index contributed by atoms with van der Waals surface area (Å²) in [7, 11) is 0. The largest absolute Gasteiger partial charge is 0.423 e. The predicted molar refractivity (Wildman–Crippen MR) is 141 cm³/mol. The molecule has 0 atom stereocenters. The van der Waals surface area contributed by atoms with E-state index in [-0.39, 0.29) is 57.4 Å². The zero-order valence-corrected chi connectivity index (χ0v) is 22.7. The van der Waals surface area contributed by atoms with Crippen molar-refractivity contribution in [3.8, 4) is 0 Å². The molecule has 228 valence electrons. The molecule has 0 bridgehead atoms. The molecular weight excluding hydrogens is 596 g/mol. The molecule has 16 heteroatoms. The molecule has 9 nitrogen and oxygen atoms in total. The van der Waals surface area contributed by atoms with Crippen LogP contribution in [0.25, 0.3) is 0 Å². The molecule has 0 unspecified atom stereocenters. The van der Waals surface area contributed by atoms with Gasteiger partial charge in [0.15, 0.2) is 0 Å². The molecule has 0 aliphatic carbocycles. The van der Waals surface area contributed by atoms with Crippen molar-refractivity contribution in [2.24, 2.45) is 0 Å². The average molecular weight is 622 g/mol. The molecule has 0 radical (unpaired) electrons. The summed E-state index contributed by atoms with van der Waals surface area (Å²) in [5.74, 6) is -0.805. The lowest BCUT2D eigenvalue weighted by molar-refractivity contribution is -0.388. The van der Waals surface area contributed by atoms with Gasteiger partial charge in [-0.3, -0.25) is 19.7 Å². The molecule has 2 aromatic rings. The standard InChI is InChI=1S/C26H26ClF6N5O4/c27-21-3-2-18(14-19(21)25(28,29)30)35-9-11-37(12-10-35)24(40)15-23(39)36-7-5-16(6-8-36)34-17-1-4-22(38(41)42)20(13-17)26(31,32)33/h1-4,13-14,16,34H,5-12,15H2. The van der Waals surface area contributed by atoms with Crippen molar-refractivity contribution in [3.63, 3.8) is 0 Å². The molecule has 4 rings (SSSR count). The van der Waals surface area contributed by atoms with E-state index < -0.39 is 50.9 Å². The van der Waals surface area contributed by atoms with Gasteiger partial charge in [0.2, 0.25) is 11.8 Å². The first-order chi connectivity index (χ1) is 19.6. The van der Waals surface area contributed by atoms with Crippen molar-refractivity contribution in [3.05, 3.63) is 62.7 Å². The maximum atomic E-state index is 13.3. The first-order valence-corrected chi connectivity index (χ1v) is 13.3. The second-order valence-corrected chi connectivity index (χ2v) is 10.4. The maximum Gasteiger partial charge on any atom is 0.423 e. The fraction of sp³-hybridized carbons (Fsp3) is 0.462. The number of nitrogens with zero attached hydrogens (tertiary/aromatic N) is 4. The van der Waals surface area contributed by atoms with Gasteiger partial charge in [-0.1, -0.05) is 11.6 Å².